The summed E-state index contributed by atoms with van der Waals surface area (Å²) in [6.45, 7) is 10.7. The molecule has 0 saturated carbocycles. The molecule has 0 aromatic rings. The van der Waals surface area contributed by atoms with E-state index in [4.69, 9.17) is 0 Å². The molecule has 0 heterocycles. The van der Waals surface area contributed by atoms with E-state index in [-0.39, 0.29) is 0 Å². The van der Waals surface area contributed by atoms with Crippen LogP contribution in [0.1, 0.15) is 53.9 Å². The molecule has 0 saturated heterocycles. The number of hydrogen-bond acceptors (Lipinski definition) is 1. The van der Waals surface area contributed by atoms with Gasteiger partial charge in [0, 0.05) is 11.8 Å². The van der Waals surface area contributed by atoms with Crippen LogP contribution >= 0.6 is 0 Å². The second kappa shape index (κ2) is 6.88. The van der Waals surface area contributed by atoms with Gasteiger partial charge in [0.2, 0.25) is 0 Å². The topological polar surface area (TPSA) is 12.4 Å². The van der Waals surface area contributed by atoms with Crippen molar-refractivity contribution in [2.24, 2.45) is 4.99 Å². The van der Waals surface area contributed by atoms with Crippen LogP contribution in [0.4, 0.5) is 0 Å². The van der Waals surface area contributed by atoms with Crippen LogP contribution in [0.25, 0.3) is 0 Å². The molecule has 0 spiro atoms. The summed E-state index contributed by atoms with van der Waals surface area (Å²) in [5.74, 6) is 0. The molecule has 0 amide bonds. The van der Waals surface area contributed by atoms with Gasteiger partial charge in [0.25, 0.3) is 0 Å². The predicted molar refractivity (Wildman–Crippen MR) is 61.5 cm³/mol. The summed E-state index contributed by atoms with van der Waals surface area (Å²) in [5.41, 5.74) is 2.60. The first-order valence-electron chi connectivity index (χ1n) is 5.27. The van der Waals surface area contributed by atoms with E-state index in [9.17, 15) is 0 Å². The molecule has 1 nitrogen and oxygen atoms in total. The van der Waals surface area contributed by atoms with Crippen molar-refractivity contribution in [2.45, 2.75) is 59.9 Å². The van der Waals surface area contributed by atoms with Gasteiger partial charge in [-0.05, 0) is 46.6 Å². The lowest BCUT2D eigenvalue weighted by atomic mass is 10.1. The summed E-state index contributed by atoms with van der Waals surface area (Å²) in [6, 6.07) is 0.419. The number of unbranched alkanes of at least 4 members (excludes halogenated alkanes) is 1. The van der Waals surface area contributed by atoms with Gasteiger partial charge in [-0.1, -0.05) is 18.9 Å². The predicted octanol–water partition coefficient (Wildman–Crippen LogP) is 3.99. The van der Waals surface area contributed by atoms with Gasteiger partial charge in [-0.2, -0.15) is 0 Å². The third-order valence-electron chi connectivity index (χ3n) is 1.67. The van der Waals surface area contributed by atoms with E-state index in [1.54, 1.807) is 0 Å². The maximum absolute atomic E-state index is 4.59. The van der Waals surface area contributed by atoms with Crippen LogP contribution < -0.4 is 0 Å². The summed E-state index contributed by atoms with van der Waals surface area (Å²) in [6.07, 6.45) is 5.82. The smallest absolute Gasteiger partial charge is 0.0446 e. The second-order valence-electron chi connectivity index (χ2n) is 4.04. The van der Waals surface area contributed by atoms with Crippen LogP contribution in [0.2, 0.25) is 0 Å². The standard InChI is InChI=1S/C12H23N/c1-6-7-8-12(9-10(2)3)13-11(4)5/h9,11H,6-8H2,1-5H3/b13-12-. The molecule has 0 aromatic carbocycles. The van der Waals surface area contributed by atoms with Crippen molar-refractivity contribution in [3.05, 3.63) is 11.6 Å². The van der Waals surface area contributed by atoms with Crippen LogP contribution in [0.15, 0.2) is 16.6 Å². The Labute approximate surface area is 83.0 Å². The molecule has 13 heavy (non-hydrogen) atoms. The molecule has 0 N–H and O–H groups in total. The van der Waals surface area contributed by atoms with Gasteiger partial charge in [-0.3, -0.25) is 4.99 Å². The molecular formula is C12H23N. The van der Waals surface area contributed by atoms with Gasteiger partial charge < -0.3 is 0 Å². The first-order chi connectivity index (χ1) is 6.06. The van der Waals surface area contributed by atoms with E-state index in [1.807, 2.05) is 0 Å². The van der Waals surface area contributed by atoms with Gasteiger partial charge in [-0.15, -0.1) is 0 Å². The van der Waals surface area contributed by atoms with Crippen molar-refractivity contribution < 1.29 is 0 Å². The highest BCUT2D eigenvalue weighted by Crippen LogP contribution is 2.03. The summed E-state index contributed by atoms with van der Waals surface area (Å²) in [4.78, 5) is 4.59. The lowest BCUT2D eigenvalue weighted by Crippen LogP contribution is -2.00. The number of aliphatic imine (C=N–C) groups is 1. The molecule has 0 aliphatic rings. The van der Waals surface area contributed by atoms with Gasteiger partial charge in [0.05, 0.1) is 0 Å². The number of rotatable bonds is 5. The van der Waals surface area contributed by atoms with Gasteiger partial charge >= 0.3 is 0 Å². The van der Waals surface area contributed by atoms with Crippen molar-refractivity contribution in [1.82, 2.24) is 0 Å². The van der Waals surface area contributed by atoms with E-state index in [0.29, 0.717) is 6.04 Å². The molecular weight excluding hydrogens is 158 g/mol. The van der Waals surface area contributed by atoms with E-state index >= 15 is 0 Å². The van der Waals surface area contributed by atoms with E-state index in [2.05, 4.69) is 45.7 Å². The molecule has 76 valence electrons. The maximum atomic E-state index is 4.59. The Balaban J connectivity index is 4.28. The van der Waals surface area contributed by atoms with Crippen LogP contribution in [-0.4, -0.2) is 11.8 Å². The van der Waals surface area contributed by atoms with E-state index in [1.165, 1.54) is 24.1 Å². The lowest BCUT2D eigenvalue weighted by molar-refractivity contribution is 0.801. The monoisotopic (exact) mass is 181 g/mol. The zero-order chi connectivity index (χ0) is 10.3. The first-order valence-corrected chi connectivity index (χ1v) is 5.27. The minimum atomic E-state index is 0.419. The maximum Gasteiger partial charge on any atom is 0.0446 e. The fourth-order valence-corrected chi connectivity index (χ4v) is 1.20. The van der Waals surface area contributed by atoms with Gasteiger partial charge in [0.1, 0.15) is 0 Å². The van der Waals surface area contributed by atoms with Crippen LogP contribution in [0.3, 0.4) is 0 Å². The normalized spacial score (nSPS) is 12.0. The lowest BCUT2D eigenvalue weighted by Gasteiger charge is -2.04. The fourth-order valence-electron chi connectivity index (χ4n) is 1.20. The van der Waals surface area contributed by atoms with Crippen LogP contribution in [0, 0.1) is 0 Å². The number of allylic oxidation sites excluding steroid dienone is 2. The summed E-state index contributed by atoms with van der Waals surface area (Å²) in [7, 11) is 0. The highest BCUT2D eigenvalue weighted by molar-refractivity contribution is 5.95. The molecule has 0 unspecified atom stereocenters. The van der Waals surface area contributed by atoms with Crippen molar-refractivity contribution >= 4 is 5.71 Å². The Morgan fingerprint density at radius 2 is 1.92 bits per heavy atom. The average molecular weight is 181 g/mol. The highest BCUT2D eigenvalue weighted by Gasteiger charge is 1.96. The van der Waals surface area contributed by atoms with Crippen molar-refractivity contribution in [1.29, 1.82) is 0 Å². The molecule has 0 bridgehead atoms. The molecule has 0 aromatic heterocycles. The van der Waals surface area contributed by atoms with Gasteiger partial charge in [-0.25, -0.2) is 0 Å². The summed E-state index contributed by atoms with van der Waals surface area (Å²) in [5, 5.41) is 0. The Bertz CT molecular complexity index is 183. The molecule has 0 aliphatic heterocycles. The molecule has 0 radical (unpaired) electrons. The Morgan fingerprint density at radius 3 is 2.31 bits per heavy atom. The quantitative estimate of drug-likeness (QED) is 0.569. The Kier molecular flexibility index (Phi) is 6.56. The van der Waals surface area contributed by atoms with E-state index < -0.39 is 0 Å². The van der Waals surface area contributed by atoms with Crippen molar-refractivity contribution in [2.75, 3.05) is 0 Å². The van der Waals surface area contributed by atoms with Crippen LogP contribution in [0.5, 0.6) is 0 Å². The van der Waals surface area contributed by atoms with E-state index in [0.717, 1.165) is 6.42 Å². The number of hydrogen-bond donors (Lipinski definition) is 0. The molecule has 1 heteroatoms. The zero-order valence-corrected chi connectivity index (χ0v) is 9.72. The zero-order valence-electron chi connectivity index (χ0n) is 9.72. The average Bonchev–Trinajstić information content (AvgIpc) is 1.98. The SMILES string of the molecule is CCCC/C(C=C(C)C)=N/C(C)C. The highest BCUT2D eigenvalue weighted by atomic mass is 14.8. The van der Waals surface area contributed by atoms with Crippen LogP contribution in [-0.2, 0) is 0 Å². The fraction of sp³-hybridized carbons (Fsp3) is 0.750. The third-order valence-corrected chi connectivity index (χ3v) is 1.67. The molecule has 0 fully saturated rings. The van der Waals surface area contributed by atoms with Crippen molar-refractivity contribution in [3.63, 3.8) is 0 Å². The Hall–Kier alpha value is -0.590. The molecule has 0 atom stereocenters. The molecule has 0 aliphatic carbocycles. The summed E-state index contributed by atoms with van der Waals surface area (Å²) < 4.78 is 0. The molecule has 0 rings (SSSR count). The minimum Gasteiger partial charge on any atom is -0.287 e. The third kappa shape index (κ3) is 7.76. The minimum absolute atomic E-state index is 0.419. The summed E-state index contributed by atoms with van der Waals surface area (Å²) >= 11 is 0. The van der Waals surface area contributed by atoms with Gasteiger partial charge in [0.15, 0.2) is 0 Å². The first kappa shape index (κ1) is 12.4. The second-order valence-corrected chi connectivity index (χ2v) is 4.04. The Morgan fingerprint density at radius 1 is 1.31 bits per heavy atom. The largest absolute Gasteiger partial charge is 0.287 e. The van der Waals surface area contributed by atoms with Crippen molar-refractivity contribution in [3.8, 4) is 0 Å². The number of nitrogens with zero attached hydrogens (tertiary/aromatic N) is 1.